The Hall–Kier alpha value is -0.810. The molecule has 1 aliphatic heterocycles. The lowest BCUT2D eigenvalue weighted by Gasteiger charge is -2.35. The summed E-state index contributed by atoms with van der Waals surface area (Å²) in [5, 5.41) is 6.61. The number of carbonyl (C=O) groups is 1. The number of rotatable bonds is 6. The molecule has 2 N–H and O–H groups in total. The van der Waals surface area contributed by atoms with Crippen LogP contribution >= 0.6 is 24.0 Å². The monoisotopic (exact) mass is 513 g/mol. The molecule has 0 radical (unpaired) electrons. The zero-order valence-electron chi connectivity index (χ0n) is 19.0. The average Bonchev–Trinajstić information content (AvgIpc) is 2.73. The summed E-state index contributed by atoms with van der Waals surface area (Å²) in [4.78, 5) is 20.9. The molecule has 2 unspecified atom stereocenters. The molecule has 0 aromatic carbocycles. The van der Waals surface area contributed by atoms with Gasteiger partial charge in [-0.3, -0.25) is 9.89 Å². The van der Waals surface area contributed by atoms with Crippen molar-refractivity contribution in [1.82, 2.24) is 20.4 Å². The fourth-order valence-corrected chi connectivity index (χ4v) is 3.15. The maximum Gasteiger partial charge on any atom is 0.412 e. The molecular weight excluding hydrogens is 473 g/mol. The van der Waals surface area contributed by atoms with Gasteiger partial charge in [0.1, 0.15) is 11.3 Å². The Labute approximate surface area is 187 Å². The normalized spacial score (nSPS) is 22.1. The summed E-state index contributed by atoms with van der Waals surface area (Å²) in [5.74, 6) is 0.717. The van der Waals surface area contributed by atoms with Crippen LogP contribution in [0.3, 0.4) is 0 Å². The Bertz CT molecular complexity index is 520. The van der Waals surface area contributed by atoms with Crippen molar-refractivity contribution >= 4 is 36.0 Å². The molecule has 0 bridgehead atoms. The van der Waals surface area contributed by atoms with Crippen LogP contribution in [0.25, 0.3) is 0 Å². The van der Waals surface area contributed by atoms with Gasteiger partial charge in [0.15, 0.2) is 5.96 Å². The van der Waals surface area contributed by atoms with Crippen molar-refractivity contribution < 1.29 is 14.3 Å². The van der Waals surface area contributed by atoms with Crippen LogP contribution in [0, 0.1) is 0 Å². The molecule has 2 atom stereocenters. The predicted octanol–water partition coefficient (Wildman–Crippen LogP) is 2.48. The second kappa shape index (κ2) is 11.4. The summed E-state index contributed by atoms with van der Waals surface area (Å²) in [6, 6.07) is -0.157. The molecule has 1 saturated heterocycles. The summed E-state index contributed by atoms with van der Waals surface area (Å²) >= 11 is 0. The van der Waals surface area contributed by atoms with E-state index in [0.29, 0.717) is 6.54 Å². The number of hydrogen-bond acceptors (Lipinski definition) is 5. The number of halogens is 1. The third-order valence-electron chi connectivity index (χ3n) is 4.29. The third-order valence-corrected chi connectivity index (χ3v) is 4.29. The lowest BCUT2D eigenvalue weighted by atomic mass is 10.1. The molecule has 8 nitrogen and oxygen atoms in total. The number of aliphatic imine (C=N–C) groups is 1. The summed E-state index contributed by atoms with van der Waals surface area (Å²) in [6.45, 7) is 13.7. The van der Waals surface area contributed by atoms with Crippen molar-refractivity contribution in [3.05, 3.63) is 0 Å². The van der Waals surface area contributed by atoms with Gasteiger partial charge >= 0.3 is 6.09 Å². The molecule has 0 saturated carbocycles. The van der Waals surface area contributed by atoms with E-state index in [4.69, 9.17) is 9.47 Å². The van der Waals surface area contributed by atoms with Gasteiger partial charge < -0.3 is 25.0 Å². The molecule has 1 fully saturated rings. The molecule has 1 aliphatic rings. The van der Waals surface area contributed by atoms with Crippen molar-refractivity contribution in [2.24, 2.45) is 4.99 Å². The smallest absolute Gasteiger partial charge is 0.412 e. The molecule has 0 aromatic rings. The van der Waals surface area contributed by atoms with Crippen LogP contribution in [-0.4, -0.2) is 86.1 Å². The van der Waals surface area contributed by atoms with Gasteiger partial charge in [-0.05, 0) is 68.6 Å². The van der Waals surface area contributed by atoms with Gasteiger partial charge in [-0.15, -0.1) is 24.0 Å². The lowest BCUT2D eigenvalue weighted by molar-refractivity contribution is -0.0755. The van der Waals surface area contributed by atoms with E-state index in [-0.39, 0.29) is 42.2 Å². The summed E-state index contributed by atoms with van der Waals surface area (Å²) in [7, 11) is 5.86. The number of guanidine groups is 1. The molecule has 1 rings (SSSR count). The zero-order valence-corrected chi connectivity index (χ0v) is 21.3. The molecule has 0 aromatic heterocycles. The van der Waals surface area contributed by atoms with Crippen molar-refractivity contribution in [3.63, 3.8) is 0 Å². The molecule has 9 heteroatoms. The second-order valence-corrected chi connectivity index (χ2v) is 8.72. The highest BCUT2D eigenvalue weighted by atomic mass is 127. The molecular formula is C19H40IN5O3. The minimum atomic E-state index is -0.725. The fraction of sp³-hybridized carbons (Fsp3) is 0.895. The minimum absolute atomic E-state index is 0. The predicted molar refractivity (Wildman–Crippen MR) is 124 cm³/mol. The average molecular weight is 513 g/mol. The Morgan fingerprint density at radius 2 is 1.89 bits per heavy atom. The van der Waals surface area contributed by atoms with Crippen LogP contribution in [-0.2, 0) is 9.47 Å². The maximum absolute atomic E-state index is 12.8. The lowest BCUT2D eigenvalue weighted by Crippen LogP contribution is -2.54. The van der Waals surface area contributed by atoms with E-state index in [1.165, 1.54) is 0 Å². The first-order valence-corrected chi connectivity index (χ1v) is 9.67. The number of carbonyl (C=O) groups excluding carboxylic acids is 1. The topological polar surface area (TPSA) is 78.4 Å². The van der Waals surface area contributed by atoms with E-state index in [1.807, 2.05) is 41.5 Å². The van der Waals surface area contributed by atoms with Crippen LogP contribution in [0.15, 0.2) is 4.99 Å². The Morgan fingerprint density at radius 1 is 1.29 bits per heavy atom. The van der Waals surface area contributed by atoms with Crippen LogP contribution in [0.4, 0.5) is 4.79 Å². The number of nitrogens with one attached hydrogen (secondary N) is 2. The SMILES string of the molecule is CN=C(NCCCN(C)C)NCC1C(C)OC(C)(C)N1C(=O)OC(C)(C)C.I. The van der Waals surface area contributed by atoms with E-state index in [2.05, 4.69) is 34.6 Å². The molecule has 28 heavy (non-hydrogen) atoms. The highest BCUT2D eigenvalue weighted by molar-refractivity contribution is 14.0. The summed E-state index contributed by atoms with van der Waals surface area (Å²) in [5.41, 5.74) is -1.28. The van der Waals surface area contributed by atoms with Crippen molar-refractivity contribution in [2.45, 2.75) is 71.4 Å². The Balaban J connectivity index is 0.00000729. The van der Waals surface area contributed by atoms with Crippen LogP contribution in [0.5, 0.6) is 0 Å². The first kappa shape index (κ1) is 27.2. The van der Waals surface area contributed by atoms with Crippen molar-refractivity contribution in [2.75, 3.05) is 40.8 Å². The molecule has 1 amide bonds. The quantitative estimate of drug-likeness (QED) is 0.246. The first-order valence-electron chi connectivity index (χ1n) is 9.67. The van der Waals surface area contributed by atoms with Gasteiger partial charge in [0.25, 0.3) is 0 Å². The highest BCUT2D eigenvalue weighted by Crippen LogP contribution is 2.33. The van der Waals surface area contributed by atoms with Crippen LogP contribution < -0.4 is 10.6 Å². The fourth-order valence-electron chi connectivity index (χ4n) is 3.15. The standard InChI is InChI=1S/C19H39N5O3.HI/c1-14-15(13-22-16(20-7)21-11-10-12-23(8)9)24(19(5,6)26-14)17(25)27-18(2,3)4;/h14-15H,10-13H2,1-9H3,(H2,20,21,22);1H. The third kappa shape index (κ3) is 8.69. The number of hydrogen-bond donors (Lipinski definition) is 2. The Kier molecular flexibility index (Phi) is 11.1. The van der Waals surface area contributed by atoms with E-state index >= 15 is 0 Å². The second-order valence-electron chi connectivity index (χ2n) is 8.72. The number of ether oxygens (including phenoxy) is 2. The zero-order chi connectivity index (χ0) is 20.8. The van der Waals surface area contributed by atoms with Gasteiger partial charge in [0, 0.05) is 20.1 Å². The molecule has 166 valence electrons. The van der Waals surface area contributed by atoms with Crippen molar-refractivity contribution in [1.29, 1.82) is 0 Å². The Morgan fingerprint density at radius 3 is 2.39 bits per heavy atom. The van der Waals surface area contributed by atoms with Gasteiger partial charge in [-0.25, -0.2) is 4.79 Å². The van der Waals surface area contributed by atoms with Crippen molar-refractivity contribution in [3.8, 4) is 0 Å². The van der Waals surface area contributed by atoms with Crippen LogP contribution in [0.1, 0.15) is 48.0 Å². The molecule has 1 heterocycles. The molecule has 0 aliphatic carbocycles. The van der Waals surface area contributed by atoms with Gasteiger partial charge in [0.05, 0.1) is 12.1 Å². The highest BCUT2D eigenvalue weighted by Gasteiger charge is 2.49. The maximum atomic E-state index is 12.8. The largest absolute Gasteiger partial charge is 0.444 e. The van der Waals surface area contributed by atoms with Crippen LogP contribution in [0.2, 0.25) is 0 Å². The van der Waals surface area contributed by atoms with Gasteiger partial charge in [-0.1, -0.05) is 0 Å². The summed E-state index contributed by atoms with van der Waals surface area (Å²) < 4.78 is 11.6. The molecule has 0 spiro atoms. The van der Waals surface area contributed by atoms with E-state index in [0.717, 1.165) is 25.5 Å². The van der Waals surface area contributed by atoms with Gasteiger partial charge in [0.2, 0.25) is 0 Å². The summed E-state index contributed by atoms with van der Waals surface area (Å²) in [6.07, 6.45) is 0.540. The number of amides is 1. The minimum Gasteiger partial charge on any atom is -0.444 e. The van der Waals surface area contributed by atoms with E-state index < -0.39 is 11.3 Å². The van der Waals surface area contributed by atoms with E-state index in [1.54, 1.807) is 11.9 Å². The number of nitrogens with zero attached hydrogens (tertiary/aromatic N) is 3. The first-order chi connectivity index (χ1) is 12.4. The van der Waals surface area contributed by atoms with Gasteiger partial charge in [-0.2, -0.15) is 0 Å². The van der Waals surface area contributed by atoms with E-state index in [9.17, 15) is 4.79 Å².